The minimum absolute atomic E-state index is 0.0935. The molecule has 5 nitrogen and oxygen atoms in total. The van der Waals surface area contributed by atoms with Crippen LogP contribution in [0, 0.1) is 11.8 Å². The maximum absolute atomic E-state index is 12.4. The molecule has 1 aliphatic carbocycles. The number of rotatable bonds is 9. The maximum Gasteiger partial charge on any atom is 0.251 e. The van der Waals surface area contributed by atoms with Crippen molar-refractivity contribution in [2.75, 3.05) is 19.7 Å². The molecule has 1 atom stereocenters. The summed E-state index contributed by atoms with van der Waals surface area (Å²) < 4.78 is 0. The normalized spacial score (nSPS) is 16.1. The van der Waals surface area contributed by atoms with Crippen molar-refractivity contribution in [1.29, 1.82) is 0 Å². The average molecular weight is 360 g/mol. The van der Waals surface area contributed by atoms with Crippen LogP contribution >= 0.6 is 0 Å². The molecule has 0 spiro atoms. The van der Waals surface area contributed by atoms with Crippen LogP contribution < -0.4 is 10.6 Å². The van der Waals surface area contributed by atoms with Crippen molar-refractivity contribution in [3.8, 4) is 0 Å². The minimum atomic E-state index is -0.197. The largest absolute Gasteiger partial charge is 0.396 e. The van der Waals surface area contributed by atoms with E-state index in [0.717, 1.165) is 12.8 Å². The molecule has 0 radical (unpaired) electrons. The van der Waals surface area contributed by atoms with Gasteiger partial charge >= 0.3 is 0 Å². The first-order chi connectivity index (χ1) is 12.6. The summed E-state index contributed by atoms with van der Waals surface area (Å²) in [4.78, 5) is 24.5. The predicted molar refractivity (Wildman–Crippen MR) is 103 cm³/mol. The highest BCUT2D eigenvalue weighted by molar-refractivity contribution is 5.99. The Morgan fingerprint density at radius 3 is 2.38 bits per heavy atom. The summed E-state index contributed by atoms with van der Waals surface area (Å²) in [6.45, 7) is 3.18. The van der Waals surface area contributed by atoms with Gasteiger partial charge in [-0.1, -0.05) is 45.1 Å². The van der Waals surface area contributed by atoms with E-state index >= 15 is 0 Å². The molecule has 3 N–H and O–H groups in total. The van der Waals surface area contributed by atoms with Crippen molar-refractivity contribution in [3.63, 3.8) is 0 Å². The Labute approximate surface area is 156 Å². The third-order valence-electron chi connectivity index (χ3n) is 5.12. The predicted octanol–water partition coefficient (Wildman–Crippen LogP) is 3.14. The molecule has 0 aliphatic heterocycles. The monoisotopic (exact) mass is 360 g/mol. The molecule has 0 saturated heterocycles. The highest BCUT2D eigenvalue weighted by atomic mass is 16.3. The zero-order valence-electron chi connectivity index (χ0n) is 15.8. The number of carbonyl (C=O) groups is 2. The average Bonchev–Trinajstić information content (AvgIpc) is 2.69. The summed E-state index contributed by atoms with van der Waals surface area (Å²) in [5.41, 5.74) is 0.968. The van der Waals surface area contributed by atoms with Crippen LogP contribution in [-0.2, 0) is 0 Å². The molecule has 0 aromatic heterocycles. The number of benzene rings is 1. The number of aliphatic hydroxyl groups excluding tert-OH is 1. The van der Waals surface area contributed by atoms with Crippen molar-refractivity contribution in [2.45, 2.75) is 51.9 Å². The van der Waals surface area contributed by atoms with Crippen LogP contribution in [0.3, 0.4) is 0 Å². The smallest absolute Gasteiger partial charge is 0.251 e. The highest BCUT2D eigenvalue weighted by Crippen LogP contribution is 2.28. The van der Waals surface area contributed by atoms with Gasteiger partial charge in [-0.3, -0.25) is 9.59 Å². The Hall–Kier alpha value is -1.88. The summed E-state index contributed by atoms with van der Waals surface area (Å²) in [6.07, 6.45) is 8.19. The number of amides is 2. The highest BCUT2D eigenvalue weighted by Gasteiger charge is 2.19. The van der Waals surface area contributed by atoms with Crippen LogP contribution in [0.5, 0.6) is 0 Å². The van der Waals surface area contributed by atoms with Gasteiger partial charge in [0.15, 0.2) is 0 Å². The third-order valence-corrected chi connectivity index (χ3v) is 5.12. The Morgan fingerprint density at radius 2 is 1.77 bits per heavy atom. The van der Waals surface area contributed by atoms with Gasteiger partial charge in [-0.15, -0.1) is 0 Å². The van der Waals surface area contributed by atoms with Crippen LogP contribution in [-0.4, -0.2) is 36.6 Å². The molecule has 1 aromatic carbocycles. The molecule has 2 amide bonds. The molecule has 5 heteroatoms. The van der Waals surface area contributed by atoms with E-state index in [0.29, 0.717) is 30.1 Å². The second-order valence-electron chi connectivity index (χ2n) is 7.34. The number of hydrogen-bond donors (Lipinski definition) is 3. The van der Waals surface area contributed by atoms with E-state index in [-0.39, 0.29) is 24.3 Å². The summed E-state index contributed by atoms with van der Waals surface area (Å²) in [7, 11) is 0. The maximum atomic E-state index is 12.4. The Morgan fingerprint density at radius 1 is 1.12 bits per heavy atom. The topological polar surface area (TPSA) is 78.4 Å². The SMILES string of the molecule is CCCNC(=O)c1cccc(C(=O)NC[C@@H](CO)CC2CCCCC2)c1. The molecule has 144 valence electrons. The van der Waals surface area contributed by atoms with Crippen molar-refractivity contribution in [1.82, 2.24) is 10.6 Å². The van der Waals surface area contributed by atoms with E-state index in [1.54, 1.807) is 24.3 Å². The van der Waals surface area contributed by atoms with Crippen LogP contribution in [0.4, 0.5) is 0 Å². The van der Waals surface area contributed by atoms with Gasteiger partial charge in [-0.2, -0.15) is 0 Å². The van der Waals surface area contributed by atoms with Gasteiger partial charge in [0.25, 0.3) is 11.8 Å². The first-order valence-corrected chi connectivity index (χ1v) is 9.91. The molecule has 1 fully saturated rings. The molecule has 0 heterocycles. The summed E-state index contributed by atoms with van der Waals surface area (Å²) >= 11 is 0. The molecule has 0 bridgehead atoms. The Kier molecular flexibility index (Phi) is 8.62. The summed E-state index contributed by atoms with van der Waals surface area (Å²) in [5.74, 6) is 0.408. The van der Waals surface area contributed by atoms with Gasteiger partial charge in [-0.05, 0) is 42.9 Å². The van der Waals surface area contributed by atoms with Gasteiger partial charge in [0.05, 0.1) is 0 Å². The molecule has 1 aliphatic rings. The van der Waals surface area contributed by atoms with E-state index in [2.05, 4.69) is 10.6 Å². The lowest BCUT2D eigenvalue weighted by molar-refractivity contribution is 0.0933. The molecular weight excluding hydrogens is 328 g/mol. The third kappa shape index (κ3) is 6.45. The standard InChI is InChI=1S/C21H32N2O3/c1-2-11-22-20(25)18-9-6-10-19(13-18)21(26)23-14-17(15-24)12-16-7-4-3-5-8-16/h6,9-10,13,16-17,24H,2-5,7-8,11-12,14-15H2,1H3,(H,22,25)(H,23,26)/t17-/m0/s1. The van der Waals surface area contributed by atoms with Crippen molar-refractivity contribution < 1.29 is 14.7 Å². The van der Waals surface area contributed by atoms with Gasteiger partial charge < -0.3 is 15.7 Å². The van der Waals surface area contributed by atoms with E-state index in [1.807, 2.05) is 6.92 Å². The molecule has 2 rings (SSSR count). The second-order valence-corrected chi connectivity index (χ2v) is 7.34. The van der Waals surface area contributed by atoms with Crippen molar-refractivity contribution in [3.05, 3.63) is 35.4 Å². The van der Waals surface area contributed by atoms with Gasteiger partial charge in [0, 0.05) is 30.8 Å². The first kappa shape index (κ1) is 20.4. The Bertz CT molecular complexity index is 582. The number of aliphatic hydroxyl groups is 1. The van der Waals surface area contributed by atoms with Crippen LogP contribution in [0.25, 0.3) is 0 Å². The van der Waals surface area contributed by atoms with Crippen LogP contribution in [0.2, 0.25) is 0 Å². The van der Waals surface area contributed by atoms with Crippen molar-refractivity contribution >= 4 is 11.8 Å². The molecule has 1 saturated carbocycles. The van der Waals surface area contributed by atoms with E-state index in [4.69, 9.17) is 0 Å². The molecule has 0 unspecified atom stereocenters. The van der Waals surface area contributed by atoms with Gasteiger partial charge in [0.1, 0.15) is 0 Å². The summed E-state index contributed by atoms with van der Waals surface area (Å²) in [6, 6.07) is 6.76. The van der Waals surface area contributed by atoms with E-state index < -0.39 is 0 Å². The fourth-order valence-electron chi connectivity index (χ4n) is 3.60. The van der Waals surface area contributed by atoms with E-state index in [1.165, 1.54) is 32.1 Å². The number of carbonyl (C=O) groups excluding carboxylic acids is 2. The van der Waals surface area contributed by atoms with E-state index in [9.17, 15) is 14.7 Å². The van der Waals surface area contributed by atoms with Gasteiger partial charge in [0.2, 0.25) is 0 Å². The Balaban J connectivity index is 1.86. The van der Waals surface area contributed by atoms with Crippen molar-refractivity contribution in [2.24, 2.45) is 11.8 Å². The second kappa shape index (κ2) is 11.0. The molecule has 26 heavy (non-hydrogen) atoms. The number of nitrogens with one attached hydrogen (secondary N) is 2. The lowest BCUT2D eigenvalue weighted by atomic mass is 9.83. The first-order valence-electron chi connectivity index (χ1n) is 9.91. The zero-order valence-corrected chi connectivity index (χ0v) is 15.8. The quantitative estimate of drug-likeness (QED) is 0.633. The fraction of sp³-hybridized carbons (Fsp3) is 0.619. The molecule has 1 aromatic rings. The van der Waals surface area contributed by atoms with Crippen LogP contribution in [0.1, 0.15) is 72.6 Å². The lowest BCUT2D eigenvalue weighted by Gasteiger charge is -2.25. The summed E-state index contributed by atoms with van der Waals surface area (Å²) in [5, 5.41) is 15.4. The number of hydrogen-bond acceptors (Lipinski definition) is 3. The lowest BCUT2D eigenvalue weighted by Crippen LogP contribution is -2.32. The zero-order chi connectivity index (χ0) is 18.8. The molecular formula is C21H32N2O3. The van der Waals surface area contributed by atoms with Gasteiger partial charge in [-0.25, -0.2) is 0 Å². The minimum Gasteiger partial charge on any atom is -0.396 e. The van der Waals surface area contributed by atoms with Crippen LogP contribution in [0.15, 0.2) is 24.3 Å². The fourth-order valence-corrected chi connectivity index (χ4v) is 3.60.